The van der Waals surface area contributed by atoms with Crippen LogP contribution in [0, 0.1) is 6.92 Å². The molecule has 3 N–H and O–H groups in total. The Labute approximate surface area is 200 Å². The van der Waals surface area contributed by atoms with Crippen LogP contribution in [0.25, 0.3) is 11.6 Å². The van der Waals surface area contributed by atoms with Gasteiger partial charge in [0, 0.05) is 35.4 Å². The number of nitrogens with zero attached hydrogens (tertiary/aromatic N) is 3. The fourth-order valence-electron chi connectivity index (χ4n) is 3.64. The number of aryl methyl sites for hydroxylation is 1. The highest BCUT2D eigenvalue weighted by molar-refractivity contribution is 6.21. The highest BCUT2D eigenvalue weighted by atomic mass is 16.5. The number of rotatable bonds is 7. The first kappa shape index (κ1) is 21.9. The third kappa shape index (κ3) is 4.47. The number of pyridine rings is 2. The number of aromatic carboxylic acids is 1. The van der Waals surface area contributed by atoms with Crippen LogP contribution >= 0.6 is 0 Å². The number of nitrogens with one attached hydrogen (secondary N) is 1. The monoisotopic (exact) mass is 468 g/mol. The van der Waals surface area contributed by atoms with E-state index in [4.69, 9.17) is 9.15 Å². The maximum absolute atomic E-state index is 11.9. The molecular weight excluding hydrogens is 448 g/mol. The molecule has 9 heteroatoms. The standard InChI is InChI=1S/C26H20N4O5/c1-15-11-18(34-14-17-5-2-3-9-27-17)7-8-20(15)30-25-22(26(32)33)23(31)21(35-25)12-16-13-29-24-19(16)6-4-10-28-24/h2-13,30-31H,14H2,1H3,(H,32,33). The number of hydrogen-bond donors (Lipinski definition) is 3. The van der Waals surface area contributed by atoms with E-state index in [9.17, 15) is 15.0 Å². The summed E-state index contributed by atoms with van der Waals surface area (Å²) in [4.78, 5) is 24.5. The first-order valence-corrected chi connectivity index (χ1v) is 10.7. The van der Waals surface area contributed by atoms with E-state index in [2.05, 4.69) is 20.3 Å². The molecule has 0 saturated heterocycles. The van der Waals surface area contributed by atoms with Gasteiger partial charge in [-0.2, -0.15) is 0 Å². The molecule has 0 spiro atoms. The zero-order chi connectivity index (χ0) is 24.4. The SMILES string of the molecule is Cc1cc(OCc2ccccn2)ccc1Nc1oc(C=C2C=Nc3ncccc32)c(O)c1C(=O)O. The fourth-order valence-corrected chi connectivity index (χ4v) is 3.64. The second-order valence-corrected chi connectivity index (χ2v) is 7.77. The molecule has 35 heavy (non-hydrogen) atoms. The van der Waals surface area contributed by atoms with Crippen molar-refractivity contribution in [3.05, 3.63) is 89.1 Å². The van der Waals surface area contributed by atoms with E-state index in [1.807, 2.05) is 37.3 Å². The third-order valence-electron chi connectivity index (χ3n) is 5.39. The molecule has 0 atom stereocenters. The second-order valence-electron chi connectivity index (χ2n) is 7.77. The van der Waals surface area contributed by atoms with Crippen LogP contribution < -0.4 is 10.1 Å². The molecule has 0 fully saturated rings. The number of carbonyl (C=O) groups is 1. The molecule has 1 aliphatic rings. The van der Waals surface area contributed by atoms with Crippen molar-refractivity contribution in [3.8, 4) is 11.5 Å². The minimum Gasteiger partial charge on any atom is -0.504 e. The van der Waals surface area contributed by atoms with Gasteiger partial charge in [0.2, 0.25) is 5.88 Å². The number of carboxylic acid groups (broad SMARTS) is 1. The van der Waals surface area contributed by atoms with Crippen LogP contribution in [0.4, 0.5) is 17.4 Å². The van der Waals surface area contributed by atoms with Gasteiger partial charge >= 0.3 is 5.97 Å². The van der Waals surface area contributed by atoms with E-state index in [1.165, 1.54) is 6.08 Å². The van der Waals surface area contributed by atoms with Crippen molar-refractivity contribution in [1.82, 2.24) is 9.97 Å². The van der Waals surface area contributed by atoms with Crippen molar-refractivity contribution in [2.24, 2.45) is 4.99 Å². The normalized spacial score (nSPS) is 13.1. The molecule has 174 valence electrons. The molecule has 1 aromatic carbocycles. The predicted octanol–water partition coefficient (Wildman–Crippen LogP) is 5.36. The van der Waals surface area contributed by atoms with E-state index >= 15 is 0 Å². The Hall–Kier alpha value is -4.92. The third-order valence-corrected chi connectivity index (χ3v) is 5.39. The highest BCUT2D eigenvalue weighted by Crippen LogP contribution is 2.39. The van der Waals surface area contributed by atoms with Crippen LogP contribution in [0.1, 0.15) is 32.9 Å². The average Bonchev–Trinajstić information content (AvgIpc) is 3.40. The van der Waals surface area contributed by atoms with E-state index in [0.717, 1.165) is 16.8 Å². The number of carboxylic acids is 1. The Balaban J connectivity index is 1.40. The fraction of sp³-hybridized carbons (Fsp3) is 0.0769. The van der Waals surface area contributed by atoms with Crippen molar-refractivity contribution >= 4 is 41.2 Å². The summed E-state index contributed by atoms with van der Waals surface area (Å²) in [6, 6.07) is 14.5. The molecule has 4 aromatic rings. The Morgan fingerprint density at radius 1 is 1.14 bits per heavy atom. The zero-order valence-electron chi connectivity index (χ0n) is 18.6. The Morgan fingerprint density at radius 2 is 2.00 bits per heavy atom. The molecule has 0 aliphatic carbocycles. The zero-order valence-corrected chi connectivity index (χ0v) is 18.6. The lowest BCUT2D eigenvalue weighted by atomic mass is 10.1. The lowest BCUT2D eigenvalue weighted by Crippen LogP contribution is -2.02. The van der Waals surface area contributed by atoms with Crippen molar-refractivity contribution in [3.63, 3.8) is 0 Å². The summed E-state index contributed by atoms with van der Waals surface area (Å²) in [7, 11) is 0. The molecule has 3 aromatic heterocycles. The number of hydrogen-bond acceptors (Lipinski definition) is 8. The summed E-state index contributed by atoms with van der Waals surface area (Å²) >= 11 is 0. The summed E-state index contributed by atoms with van der Waals surface area (Å²) < 4.78 is 11.5. The van der Waals surface area contributed by atoms with E-state index in [-0.39, 0.29) is 17.2 Å². The van der Waals surface area contributed by atoms with Gasteiger partial charge in [0.05, 0.1) is 5.69 Å². The number of anilines is 2. The molecule has 0 radical (unpaired) electrons. The number of ether oxygens (including phenoxy) is 1. The number of aliphatic imine (C=N–C) groups is 1. The molecule has 9 nitrogen and oxygen atoms in total. The van der Waals surface area contributed by atoms with Crippen LogP contribution in [-0.2, 0) is 6.61 Å². The van der Waals surface area contributed by atoms with Gasteiger partial charge in [-0.05, 0) is 61.0 Å². The Morgan fingerprint density at radius 3 is 2.77 bits per heavy atom. The topological polar surface area (TPSA) is 130 Å². The summed E-state index contributed by atoms with van der Waals surface area (Å²) in [5.74, 6) is -0.718. The minimum atomic E-state index is -1.33. The van der Waals surface area contributed by atoms with Crippen LogP contribution in [0.2, 0.25) is 0 Å². The van der Waals surface area contributed by atoms with Gasteiger partial charge in [-0.3, -0.25) is 4.98 Å². The quantitative estimate of drug-likeness (QED) is 0.330. The number of allylic oxidation sites excluding steroid dienone is 1. The smallest absolute Gasteiger partial charge is 0.345 e. The van der Waals surface area contributed by atoms with Gasteiger partial charge in [0.1, 0.15) is 12.4 Å². The summed E-state index contributed by atoms with van der Waals surface area (Å²) in [5, 5.41) is 23.3. The van der Waals surface area contributed by atoms with Gasteiger partial charge < -0.3 is 24.7 Å². The lowest BCUT2D eigenvalue weighted by Gasteiger charge is -2.11. The van der Waals surface area contributed by atoms with Crippen LogP contribution in [0.3, 0.4) is 0 Å². The summed E-state index contributed by atoms with van der Waals surface area (Å²) in [6.07, 6.45) is 6.45. The number of aromatic hydroxyl groups is 1. The van der Waals surface area contributed by atoms with Gasteiger partial charge in [-0.25, -0.2) is 14.8 Å². The minimum absolute atomic E-state index is 0.00368. The van der Waals surface area contributed by atoms with Crippen LogP contribution in [-0.4, -0.2) is 32.4 Å². The first-order valence-electron chi connectivity index (χ1n) is 10.7. The summed E-state index contributed by atoms with van der Waals surface area (Å²) in [5.41, 5.74) is 3.23. The van der Waals surface area contributed by atoms with Gasteiger partial charge in [-0.1, -0.05) is 6.07 Å². The predicted molar refractivity (Wildman–Crippen MR) is 131 cm³/mol. The average molecular weight is 468 g/mol. The number of fused-ring (bicyclic) bond motifs is 1. The van der Waals surface area contributed by atoms with Crippen LogP contribution in [0.15, 0.2) is 70.3 Å². The molecular formula is C26H20N4O5. The molecule has 0 bridgehead atoms. The van der Waals surface area contributed by atoms with Crippen molar-refractivity contribution in [1.29, 1.82) is 0 Å². The van der Waals surface area contributed by atoms with Gasteiger partial charge in [0.25, 0.3) is 0 Å². The van der Waals surface area contributed by atoms with Crippen molar-refractivity contribution in [2.45, 2.75) is 13.5 Å². The first-order chi connectivity index (χ1) is 17.0. The van der Waals surface area contributed by atoms with Gasteiger partial charge in [-0.15, -0.1) is 0 Å². The molecule has 0 saturated carbocycles. The Kier molecular flexibility index (Phi) is 5.72. The number of furan rings is 1. The maximum Gasteiger partial charge on any atom is 0.345 e. The van der Waals surface area contributed by atoms with Crippen molar-refractivity contribution in [2.75, 3.05) is 5.32 Å². The molecule has 5 rings (SSSR count). The van der Waals surface area contributed by atoms with E-state index in [0.29, 0.717) is 29.4 Å². The molecule has 0 unspecified atom stereocenters. The number of benzene rings is 1. The largest absolute Gasteiger partial charge is 0.504 e. The van der Waals surface area contributed by atoms with Crippen LogP contribution in [0.5, 0.6) is 11.5 Å². The lowest BCUT2D eigenvalue weighted by molar-refractivity contribution is 0.0695. The maximum atomic E-state index is 11.9. The number of aromatic nitrogens is 2. The summed E-state index contributed by atoms with van der Waals surface area (Å²) in [6.45, 7) is 2.17. The molecule has 4 heterocycles. The Bertz CT molecular complexity index is 1470. The highest BCUT2D eigenvalue weighted by Gasteiger charge is 2.26. The van der Waals surface area contributed by atoms with Crippen molar-refractivity contribution < 1.29 is 24.2 Å². The van der Waals surface area contributed by atoms with Gasteiger partial charge in [0.15, 0.2) is 22.9 Å². The van der Waals surface area contributed by atoms with E-state index in [1.54, 1.807) is 36.8 Å². The second kappa shape index (κ2) is 9.14. The van der Waals surface area contributed by atoms with E-state index < -0.39 is 11.7 Å². The molecule has 1 aliphatic heterocycles. The molecule has 0 amide bonds.